The molecule has 2 atom stereocenters. The van der Waals surface area contributed by atoms with Crippen molar-refractivity contribution >= 4 is 17.5 Å². The van der Waals surface area contributed by atoms with Crippen molar-refractivity contribution in [1.82, 2.24) is 5.32 Å². The fourth-order valence-corrected chi connectivity index (χ4v) is 3.71. The van der Waals surface area contributed by atoms with E-state index in [1.807, 2.05) is 38.1 Å². The Morgan fingerprint density at radius 1 is 1.12 bits per heavy atom. The molecule has 0 heterocycles. The predicted molar refractivity (Wildman–Crippen MR) is 102 cm³/mol. The first-order valence-corrected chi connectivity index (χ1v) is 9.24. The Kier molecular flexibility index (Phi) is 5.64. The van der Waals surface area contributed by atoms with Crippen molar-refractivity contribution in [2.45, 2.75) is 51.2 Å². The fourth-order valence-electron chi connectivity index (χ4n) is 3.49. The Bertz CT molecular complexity index is 727. The third kappa shape index (κ3) is 4.35. The molecule has 0 radical (unpaired) electrons. The van der Waals surface area contributed by atoms with Crippen LogP contribution in [0.4, 0.5) is 0 Å². The molecule has 0 bridgehead atoms. The maximum atomic E-state index is 12.6. The molecule has 1 N–H and O–H groups in total. The monoisotopic (exact) mass is 357 g/mol. The summed E-state index contributed by atoms with van der Waals surface area (Å²) >= 11 is 6.14. The van der Waals surface area contributed by atoms with Crippen molar-refractivity contribution in [1.29, 1.82) is 0 Å². The lowest BCUT2D eigenvalue weighted by Crippen LogP contribution is -2.36. The van der Waals surface area contributed by atoms with E-state index in [1.165, 1.54) is 5.56 Å². The highest BCUT2D eigenvalue weighted by Crippen LogP contribution is 2.35. The molecule has 1 saturated carbocycles. The number of amides is 1. The van der Waals surface area contributed by atoms with E-state index < -0.39 is 0 Å². The lowest BCUT2D eigenvalue weighted by molar-refractivity contribution is 0.0934. The van der Waals surface area contributed by atoms with Crippen LogP contribution in [0.15, 0.2) is 48.5 Å². The van der Waals surface area contributed by atoms with Gasteiger partial charge >= 0.3 is 0 Å². The van der Waals surface area contributed by atoms with E-state index in [0.29, 0.717) is 16.5 Å². The van der Waals surface area contributed by atoms with Gasteiger partial charge in [-0.1, -0.05) is 42.3 Å². The largest absolute Gasteiger partial charge is 0.491 e. The maximum absolute atomic E-state index is 12.6. The van der Waals surface area contributed by atoms with Crippen LogP contribution in [-0.2, 0) is 0 Å². The van der Waals surface area contributed by atoms with E-state index in [2.05, 4.69) is 17.4 Å². The number of rotatable bonds is 5. The standard InChI is InChI=1S/C21H24ClNO2/c1-14(2)25-16-12-10-15(11-13-16)17-7-5-9-20(17)23-21(24)18-6-3-4-8-19(18)22/h3-4,6,8,10-14,17,20H,5,7,9H2,1-2H3,(H,23,24)/t17-,20-/m1/s1. The van der Waals surface area contributed by atoms with Crippen molar-refractivity contribution < 1.29 is 9.53 Å². The molecule has 0 spiro atoms. The number of halogens is 1. The van der Waals surface area contributed by atoms with Gasteiger partial charge in [0.2, 0.25) is 0 Å². The van der Waals surface area contributed by atoms with Gasteiger partial charge in [0.15, 0.2) is 0 Å². The highest BCUT2D eigenvalue weighted by Gasteiger charge is 2.30. The number of hydrogen-bond acceptors (Lipinski definition) is 2. The molecule has 3 rings (SSSR count). The molecule has 2 aromatic rings. The summed E-state index contributed by atoms with van der Waals surface area (Å²) in [5, 5.41) is 3.67. The highest BCUT2D eigenvalue weighted by molar-refractivity contribution is 6.33. The predicted octanol–water partition coefficient (Wildman–Crippen LogP) is 5.19. The molecule has 1 aliphatic rings. The van der Waals surface area contributed by atoms with Crippen LogP contribution in [0.1, 0.15) is 54.9 Å². The zero-order chi connectivity index (χ0) is 17.8. The van der Waals surface area contributed by atoms with Crippen molar-refractivity contribution in [3.8, 4) is 5.75 Å². The highest BCUT2D eigenvalue weighted by atomic mass is 35.5. The van der Waals surface area contributed by atoms with E-state index in [0.717, 1.165) is 25.0 Å². The number of ether oxygens (including phenoxy) is 1. The maximum Gasteiger partial charge on any atom is 0.253 e. The Morgan fingerprint density at radius 3 is 2.52 bits per heavy atom. The van der Waals surface area contributed by atoms with Gasteiger partial charge in [-0.15, -0.1) is 0 Å². The van der Waals surface area contributed by atoms with Crippen molar-refractivity contribution in [3.05, 3.63) is 64.7 Å². The average molecular weight is 358 g/mol. The summed E-state index contributed by atoms with van der Waals surface area (Å²) < 4.78 is 5.71. The van der Waals surface area contributed by atoms with Crippen LogP contribution in [0.25, 0.3) is 0 Å². The van der Waals surface area contributed by atoms with Crippen LogP contribution in [0.2, 0.25) is 5.02 Å². The van der Waals surface area contributed by atoms with Crippen LogP contribution >= 0.6 is 11.6 Å². The zero-order valence-corrected chi connectivity index (χ0v) is 15.4. The normalized spacial score (nSPS) is 19.8. The topological polar surface area (TPSA) is 38.3 Å². The second-order valence-corrected chi connectivity index (χ2v) is 7.24. The van der Waals surface area contributed by atoms with E-state index in [9.17, 15) is 4.79 Å². The molecule has 0 aromatic heterocycles. The smallest absolute Gasteiger partial charge is 0.253 e. The molecular formula is C21H24ClNO2. The summed E-state index contributed by atoms with van der Waals surface area (Å²) in [7, 11) is 0. The first-order valence-electron chi connectivity index (χ1n) is 8.86. The number of hydrogen-bond donors (Lipinski definition) is 1. The molecule has 1 aliphatic carbocycles. The quantitative estimate of drug-likeness (QED) is 0.799. The summed E-state index contributed by atoms with van der Waals surface area (Å²) in [6, 6.07) is 15.6. The van der Waals surface area contributed by atoms with Gasteiger partial charge < -0.3 is 10.1 Å². The van der Waals surface area contributed by atoms with Gasteiger partial charge in [0.25, 0.3) is 5.91 Å². The van der Waals surface area contributed by atoms with E-state index >= 15 is 0 Å². The first-order chi connectivity index (χ1) is 12.0. The summed E-state index contributed by atoms with van der Waals surface area (Å²) in [6.45, 7) is 4.04. The van der Waals surface area contributed by atoms with E-state index in [-0.39, 0.29) is 18.1 Å². The van der Waals surface area contributed by atoms with Crippen LogP contribution < -0.4 is 10.1 Å². The SMILES string of the molecule is CC(C)Oc1ccc([C@H]2CCC[C@H]2NC(=O)c2ccccc2Cl)cc1. The van der Waals surface area contributed by atoms with Crippen LogP contribution in [0.5, 0.6) is 5.75 Å². The van der Waals surface area contributed by atoms with Crippen LogP contribution in [0.3, 0.4) is 0 Å². The minimum Gasteiger partial charge on any atom is -0.491 e. The minimum absolute atomic E-state index is 0.0951. The summed E-state index contributed by atoms with van der Waals surface area (Å²) in [5.74, 6) is 1.12. The van der Waals surface area contributed by atoms with E-state index in [4.69, 9.17) is 16.3 Å². The average Bonchev–Trinajstić information content (AvgIpc) is 3.03. The molecule has 1 fully saturated rings. The number of benzene rings is 2. The number of nitrogens with one attached hydrogen (secondary N) is 1. The molecule has 0 saturated heterocycles. The Morgan fingerprint density at radius 2 is 1.84 bits per heavy atom. The zero-order valence-electron chi connectivity index (χ0n) is 14.7. The van der Waals surface area contributed by atoms with Gasteiger partial charge in [-0.05, 0) is 56.5 Å². The van der Waals surface area contributed by atoms with Gasteiger partial charge in [-0.2, -0.15) is 0 Å². The fraction of sp³-hybridized carbons (Fsp3) is 0.381. The molecule has 4 heteroatoms. The number of carbonyl (C=O) groups excluding carboxylic acids is 1. The number of carbonyl (C=O) groups is 1. The molecule has 2 aromatic carbocycles. The molecule has 1 amide bonds. The molecule has 0 unspecified atom stereocenters. The third-order valence-corrected chi connectivity index (χ3v) is 4.96. The first kappa shape index (κ1) is 17.8. The summed E-state index contributed by atoms with van der Waals surface area (Å²) in [4.78, 5) is 12.6. The second kappa shape index (κ2) is 7.92. The van der Waals surface area contributed by atoms with Gasteiger partial charge in [-0.3, -0.25) is 4.79 Å². The van der Waals surface area contributed by atoms with E-state index in [1.54, 1.807) is 12.1 Å². The van der Waals surface area contributed by atoms with Gasteiger partial charge in [-0.25, -0.2) is 0 Å². The van der Waals surface area contributed by atoms with Crippen LogP contribution in [-0.4, -0.2) is 18.1 Å². The Hall–Kier alpha value is -2.00. The van der Waals surface area contributed by atoms with Crippen molar-refractivity contribution in [2.24, 2.45) is 0 Å². The second-order valence-electron chi connectivity index (χ2n) is 6.83. The van der Waals surface area contributed by atoms with Gasteiger partial charge in [0.1, 0.15) is 5.75 Å². The lowest BCUT2D eigenvalue weighted by atomic mass is 9.93. The van der Waals surface area contributed by atoms with Gasteiger partial charge in [0, 0.05) is 12.0 Å². The summed E-state index contributed by atoms with van der Waals surface area (Å²) in [5.41, 5.74) is 1.79. The van der Waals surface area contributed by atoms with Gasteiger partial charge in [0.05, 0.1) is 16.7 Å². The molecule has 0 aliphatic heterocycles. The lowest BCUT2D eigenvalue weighted by Gasteiger charge is -2.22. The third-order valence-electron chi connectivity index (χ3n) is 4.63. The summed E-state index contributed by atoms with van der Waals surface area (Å²) in [6.07, 6.45) is 3.35. The molecule has 25 heavy (non-hydrogen) atoms. The molecule has 132 valence electrons. The molecular weight excluding hydrogens is 334 g/mol. The van der Waals surface area contributed by atoms with Crippen molar-refractivity contribution in [3.63, 3.8) is 0 Å². The Balaban J connectivity index is 1.70. The minimum atomic E-state index is -0.0951. The Labute approximate surface area is 154 Å². The van der Waals surface area contributed by atoms with Crippen LogP contribution in [0, 0.1) is 0 Å². The van der Waals surface area contributed by atoms with Crippen molar-refractivity contribution in [2.75, 3.05) is 0 Å². The molecule has 3 nitrogen and oxygen atoms in total.